The fourth-order valence-corrected chi connectivity index (χ4v) is 4.28. The first-order valence-corrected chi connectivity index (χ1v) is 10.3. The summed E-state index contributed by atoms with van der Waals surface area (Å²) in [4.78, 5) is 18.1. The van der Waals surface area contributed by atoms with Crippen LogP contribution in [0.25, 0.3) is 15.3 Å². The minimum atomic E-state index is -0.0668. The van der Waals surface area contributed by atoms with Gasteiger partial charge in [-0.15, -0.1) is 11.8 Å². The number of hydrogen-bond donors (Lipinski definition) is 1. The van der Waals surface area contributed by atoms with Crippen molar-refractivity contribution >= 4 is 45.0 Å². The van der Waals surface area contributed by atoms with Crippen molar-refractivity contribution in [3.8, 4) is 5.13 Å². The Labute approximate surface area is 165 Å². The number of fused-ring (bicyclic) bond motifs is 1. The van der Waals surface area contributed by atoms with Crippen molar-refractivity contribution in [1.82, 2.24) is 14.8 Å². The zero-order chi connectivity index (χ0) is 18.8. The summed E-state index contributed by atoms with van der Waals surface area (Å²) in [7, 11) is 0. The van der Waals surface area contributed by atoms with Gasteiger partial charge < -0.3 is 5.32 Å². The molecule has 1 amide bonds. The normalized spacial score (nSPS) is 11.0. The molecule has 0 saturated heterocycles. The Bertz CT molecular complexity index is 1070. The van der Waals surface area contributed by atoms with Crippen LogP contribution in [0.5, 0.6) is 0 Å². The van der Waals surface area contributed by atoms with Gasteiger partial charge in [0.2, 0.25) is 11.0 Å². The summed E-state index contributed by atoms with van der Waals surface area (Å²) in [6.07, 6.45) is 0. The molecule has 0 saturated carbocycles. The molecule has 0 fully saturated rings. The maximum Gasteiger partial charge on any atom is 0.235 e. The molecular weight excluding hydrogens is 376 g/mol. The topological polar surface area (TPSA) is 59.8 Å². The molecule has 4 aromatic rings. The standard InChI is InChI=1S/C20H18N4OS2/c1-13-7-9-15(10-8-13)26-12-19(25)22-18-11-14(2)23-24(18)20-21-16-5-3-4-6-17(16)27-20/h3-11H,12H2,1-2H3,(H,22,25). The first-order chi connectivity index (χ1) is 13.1. The van der Waals surface area contributed by atoms with E-state index in [4.69, 9.17) is 0 Å². The Morgan fingerprint density at radius 3 is 2.70 bits per heavy atom. The molecule has 0 unspecified atom stereocenters. The van der Waals surface area contributed by atoms with E-state index in [-0.39, 0.29) is 5.91 Å². The number of aryl methyl sites for hydroxylation is 2. The van der Waals surface area contributed by atoms with Crippen LogP contribution in [0, 0.1) is 13.8 Å². The van der Waals surface area contributed by atoms with E-state index in [0.717, 1.165) is 25.9 Å². The third-order valence-electron chi connectivity index (χ3n) is 3.95. The summed E-state index contributed by atoms with van der Waals surface area (Å²) in [6, 6.07) is 18.0. The zero-order valence-electron chi connectivity index (χ0n) is 15.0. The first kappa shape index (κ1) is 17.8. The lowest BCUT2D eigenvalue weighted by molar-refractivity contribution is -0.113. The Morgan fingerprint density at radius 1 is 1.15 bits per heavy atom. The van der Waals surface area contributed by atoms with Gasteiger partial charge in [0.25, 0.3) is 0 Å². The van der Waals surface area contributed by atoms with E-state index in [9.17, 15) is 4.79 Å². The SMILES string of the molecule is Cc1ccc(SCC(=O)Nc2cc(C)nn2-c2nc3ccccc3s2)cc1. The van der Waals surface area contributed by atoms with Crippen LogP contribution in [0.15, 0.2) is 59.5 Å². The number of aromatic nitrogens is 3. The maximum atomic E-state index is 12.4. The van der Waals surface area contributed by atoms with E-state index >= 15 is 0 Å². The summed E-state index contributed by atoms with van der Waals surface area (Å²) in [5, 5.41) is 8.20. The quantitative estimate of drug-likeness (QED) is 0.493. The molecule has 0 spiro atoms. The molecule has 0 bridgehead atoms. The molecule has 136 valence electrons. The van der Waals surface area contributed by atoms with Crippen LogP contribution in [0.4, 0.5) is 5.82 Å². The van der Waals surface area contributed by atoms with Crippen LogP contribution in [0.3, 0.4) is 0 Å². The lowest BCUT2D eigenvalue weighted by atomic mass is 10.2. The lowest BCUT2D eigenvalue weighted by Gasteiger charge is -2.06. The van der Waals surface area contributed by atoms with Gasteiger partial charge in [-0.3, -0.25) is 4.79 Å². The average Bonchev–Trinajstić information content (AvgIpc) is 3.24. The second-order valence-electron chi connectivity index (χ2n) is 6.20. The number of nitrogens with one attached hydrogen (secondary N) is 1. The van der Waals surface area contributed by atoms with E-state index in [0.29, 0.717) is 11.6 Å². The highest BCUT2D eigenvalue weighted by molar-refractivity contribution is 8.00. The number of benzene rings is 2. The number of thioether (sulfide) groups is 1. The summed E-state index contributed by atoms with van der Waals surface area (Å²) in [5.41, 5.74) is 2.97. The molecule has 2 aromatic carbocycles. The van der Waals surface area contributed by atoms with Crippen molar-refractivity contribution in [2.24, 2.45) is 0 Å². The highest BCUT2D eigenvalue weighted by Crippen LogP contribution is 2.27. The van der Waals surface area contributed by atoms with Crippen LogP contribution in [0.1, 0.15) is 11.3 Å². The number of carbonyl (C=O) groups is 1. The fourth-order valence-electron chi connectivity index (χ4n) is 2.65. The molecule has 0 aliphatic heterocycles. The van der Waals surface area contributed by atoms with Crippen LogP contribution < -0.4 is 5.32 Å². The van der Waals surface area contributed by atoms with Crippen LogP contribution in [-0.2, 0) is 4.79 Å². The number of thiazole rings is 1. The van der Waals surface area contributed by atoms with Gasteiger partial charge in [-0.1, -0.05) is 41.2 Å². The van der Waals surface area contributed by atoms with Gasteiger partial charge in [0.1, 0.15) is 5.82 Å². The molecule has 27 heavy (non-hydrogen) atoms. The molecule has 0 atom stereocenters. The molecule has 1 N–H and O–H groups in total. The molecule has 5 nitrogen and oxygen atoms in total. The predicted octanol–water partition coefficient (Wildman–Crippen LogP) is 4.83. The number of hydrogen-bond acceptors (Lipinski definition) is 5. The Balaban J connectivity index is 1.50. The third kappa shape index (κ3) is 4.04. The minimum absolute atomic E-state index is 0.0668. The summed E-state index contributed by atoms with van der Waals surface area (Å²) >= 11 is 3.06. The molecule has 0 aliphatic carbocycles. The lowest BCUT2D eigenvalue weighted by Crippen LogP contribution is -2.16. The van der Waals surface area contributed by atoms with E-state index in [2.05, 4.69) is 15.4 Å². The molecule has 0 aliphatic rings. The monoisotopic (exact) mass is 394 g/mol. The van der Waals surface area contributed by atoms with Crippen molar-refractivity contribution < 1.29 is 4.79 Å². The van der Waals surface area contributed by atoms with Crippen LogP contribution in [0.2, 0.25) is 0 Å². The van der Waals surface area contributed by atoms with E-state index in [1.54, 1.807) is 16.0 Å². The van der Waals surface area contributed by atoms with Gasteiger partial charge in [-0.05, 0) is 38.1 Å². The average molecular weight is 395 g/mol. The van der Waals surface area contributed by atoms with Crippen molar-refractivity contribution in [2.45, 2.75) is 18.7 Å². The summed E-state index contributed by atoms with van der Waals surface area (Å²) in [6.45, 7) is 3.95. The maximum absolute atomic E-state index is 12.4. The van der Waals surface area contributed by atoms with E-state index < -0.39 is 0 Å². The molecule has 2 heterocycles. The van der Waals surface area contributed by atoms with Gasteiger partial charge in [0.15, 0.2) is 0 Å². The Morgan fingerprint density at radius 2 is 1.93 bits per heavy atom. The number of nitrogens with zero attached hydrogens (tertiary/aromatic N) is 3. The Hall–Kier alpha value is -2.64. The van der Waals surface area contributed by atoms with Gasteiger partial charge in [0.05, 0.1) is 21.7 Å². The van der Waals surface area contributed by atoms with Gasteiger partial charge in [-0.25, -0.2) is 4.98 Å². The predicted molar refractivity (Wildman–Crippen MR) is 112 cm³/mol. The first-order valence-electron chi connectivity index (χ1n) is 8.50. The number of amides is 1. The molecule has 0 radical (unpaired) electrons. The second-order valence-corrected chi connectivity index (χ2v) is 8.25. The molecule has 7 heteroatoms. The summed E-state index contributed by atoms with van der Waals surface area (Å²) in [5.74, 6) is 0.913. The van der Waals surface area contributed by atoms with Gasteiger partial charge in [0, 0.05) is 11.0 Å². The van der Waals surface area contributed by atoms with Crippen molar-refractivity contribution in [3.63, 3.8) is 0 Å². The number of rotatable bonds is 5. The van der Waals surface area contributed by atoms with Gasteiger partial charge in [-0.2, -0.15) is 9.78 Å². The third-order valence-corrected chi connectivity index (χ3v) is 5.98. The molecule has 4 rings (SSSR count). The summed E-state index contributed by atoms with van der Waals surface area (Å²) < 4.78 is 2.79. The van der Waals surface area contributed by atoms with Crippen molar-refractivity contribution in [2.75, 3.05) is 11.1 Å². The second kappa shape index (κ2) is 7.54. The van der Waals surface area contributed by atoms with Crippen molar-refractivity contribution in [3.05, 3.63) is 65.9 Å². The van der Waals surface area contributed by atoms with Crippen molar-refractivity contribution in [1.29, 1.82) is 0 Å². The van der Waals surface area contributed by atoms with E-state index in [1.807, 2.05) is 68.4 Å². The smallest absolute Gasteiger partial charge is 0.235 e. The largest absolute Gasteiger partial charge is 0.310 e. The molecule has 2 aromatic heterocycles. The fraction of sp³-hybridized carbons (Fsp3) is 0.150. The molecular formula is C20H18N4OS2. The van der Waals surface area contributed by atoms with Gasteiger partial charge >= 0.3 is 0 Å². The number of carbonyl (C=O) groups excluding carboxylic acids is 1. The highest BCUT2D eigenvalue weighted by Gasteiger charge is 2.14. The van der Waals surface area contributed by atoms with E-state index in [1.165, 1.54) is 17.3 Å². The van der Waals surface area contributed by atoms with Crippen LogP contribution >= 0.6 is 23.1 Å². The zero-order valence-corrected chi connectivity index (χ0v) is 16.6. The number of para-hydroxylation sites is 1. The highest BCUT2D eigenvalue weighted by atomic mass is 32.2. The number of anilines is 1. The van der Waals surface area contributed by atoms with Crippen LogP contribution in [-0.4, -0.2) is 26.4 Å². The minimum Gasteiger partial charge on any atom is -0.310 e. The Kier molecular flexibility index (Phi) is 4.96.